The number of halogens is 1. The van der Waals surface area contributed by atoms with E-state index in [2.05, 4.69) is 33.5 Å². The van der Waals surface area contributed by atoms with Crippen molar-refractivity contribution in [3.05, 3.63) is 64.6 Å². The number of aromatic nitrogens is 2. The van der Waals surface area contributed by atoms with Crippen LogP contribution in [0, 0.1) is 0 Å². The van der Waals surface area contributed by atoms with Crippen molar-refractivity contribution < 1.29 is 5.11 Å². The number of hydrogen-bond acceptors (Lipinski definition) is 3. The second-order valence-electron chi connectivity index (χ2n) is 7.02. The summed E-state index contributed by atoms with van der Waals surface area (Å²) < 4.78 is 2.29. The van der Waals surface area contributed by atoms with Gasteiger partial charge in [-0.25, -0.2) is 0 Å². The van der Waals surface area contributed by atoms with E-state index in [1.165, 1.54) is 16.6 Å². The van der Waals surface area contributed by atoms with Crippen molar-refractivity contribution in [3.8, 4) is 0 Å². The van der Waals surface area contributed by atoms with Gasteiger partial charge in [0.2, 0.25) is 0 Å². The quantitative estimate of drug-likeness (QED) is 0.733. The number of hydrogen-bond donors (Lipinski definition) is 1. The maximum Gasteiger partial charge on any atom is 0.0970 e. The first kappa shape index (κ1) is 17.5. The molecule has 4 rings (SSSR count). The Morgan fingerprint density at radius 2 is 2.04 bits per heavy atom. The van der Waals surface area contributed by atoms with Crippen LogP contribution in [0.1, 0.15) is 36.3 Å². The fourth-order valence-corrected chi connectivity index (χ4v) is 4.23. The Balaban J connectivity index is 1.75. The normalized spacial score (nSPS) is 16.0. The summed E-state index contributed by atoms with van der Waals surface area (Å²) in [6.07, 6.45) is 5.07. The highest BCUT2D eigenvalue weighted by molar-refractivity contribution is 6.31. The molecule has 0 bridgehead atoms. The smallest absolute Gasteiger partial charge is 0.0970 e. The third-order valence-corrected chi connectivity index (χ3v) is 5.52. The van der Waals surface area contributed by atoms with Gasteiger partial charge in [0.25, 0.3) is 0 Å². The number of benzene rings is 1. The van der Waals surface area contributed by atoms with E-state index >= 15 is 0 Å². The molecule has 1 N–H and O–H groups in total. The van der Waals surface area contributed by atoms with Crippen LogP contribution in [-0.4, -0.2) is 32.6 Å². The van der Waals surface area contributed by atoms with E-state index < -0.39 is 6.10 Å². The van der Waals surface area contributed by atoms with Gasteiger partial charge >= 0.3 is 0 Å². The number of rotatable bonds is 5. The maximum atomic E-state index is 10.8. The number of pyridine rings is 1. The van der Waals surface area contributed by atoms with Gasteiger partial charge in [-0.3, -0.25) is 9.88 Å². The molecular weight excluding hydrogens is 346 g/mol. The third kappa shape index (κ3) is 3.25. The van der Waals surface area contributed by atoms with Crippen molar-refractivity contribution in [3.63, 3.8) is 0 Å². The van der Waals surface area contributed by atoms with Crippen molar-refractivity contribution in [2.24, 2.45) is 0 Å². The predicted octanol–water partition coefficient (Wildman–Crippen LogP) is 4.19. The van der Waals surface area contributed by atoms with E-state index in [4.69, 9.17) is 11.6 Å². The molecule has 0 spiro atoms. The zero-order chi connectivity index (χ0) is 18.1. The molecule has 1 aliphatic heterocycles. The van der Waals surface area contributed by atoms with Crippen LogP contribution in [0.4, 0.5) is 0 Å². The topological polar surface area (TPSA) is 41.3 Å². The van der Waals surface area contributed by atoms with Crippen molar-refractivity contribution in [2.45, 2.75) is 39.0 Å². The van der Waals surface area contributed by atoms with Crippen molar-refractivity contribution in [2.75, 3.05) is 13.1 Å². The molecule has 0 saturated heterocycles. The summed E-state index contributed by atoms with van der Waals surface area (Å²) in [6, 6.07) is 9.85. The van der Waals surface area contributed by atoms with Crippen LogP contribution in [-0.2, 0) is 19.5 Å². The van der Waals surface area contributed by atoms with Gasteiger partial charge < -0.3 is 9.67 Å². The minimum absolute atomic E-state index is 0.547. The molecule has 3 aromatic rings. The molecule has 1 atom stereocenters. The van der Waals surface area contributed by atoms with E-state index in [1.54, 1.807) is 12.4 Å². The van der Waals surface area contributed by atoms with Gasteiger partial charge in [-0.15, -0.1) is 0 Å². The highest BCUT2D eigenvalue weighted by atomic mass is 35.5. The van der Waals surface area contributed by atoms with Crippen molar-refractivity contribution >= 4 is 22.5 Å². The van der Waals surface area contributed by atoms with Crippen molar-refractivity contribution in [1.29, 1.82) is 0 Å². The average Bonchev–Trinajstić information content (AvgIpc) is 2.95. The molecule has 3 heterocycles. The average molecular weight is 370 g/mol. The first-order valence-electron chi connectivity index (χ1n) is 9.27. The molecule has 26 heavy (non-hydrogen) atoms. The molecule has 1 aliphatic rings. The molecule has 136 valence electrons. The monoisotopic (exact) mass is 369 g/mol. The zero-order valence-corrected chi connectivity index (χ0v) is 15.8. The second-order valence-corrected chi connectivity index (χ2v) is 7.46. The summed E-state index contributed by atoms with van der Waals surface area (Å²) >= 11 is 6.29. The third-order valence-electron chi connectivity index (χ3n) is 5.28. The summed E-state index contributed by atoms with van der Waals surface area (Å²) in [5.74, 6) is 0. The summed E-state index contributed by atoms with van der Waals surface area (Å²) in [7, 11) is 0. The van der Waals surface area contributed by atoms with Crippen LogP contribution < -0.4 is 0 Å². The lowest BCUT2D eigenvalue weighted by Crippen LogP contribution is -2.31. The molecule has 4 nitrogen and oxygen atoms in total. The van der Waals surface area contributed by atoms with Crippen LogP contribution in [0.2, 0.25) is 5.02 Å². The zero-order valence-electron chi connectivity index (χ0n) is 15.0. The van der Waals surface area contributed by atoms with E-state index in [0.717, 1.165) is 48.6 Å². The lowest BCUT2D eigenvalue weighted by atomic mass is 10.0. The minimum atomic E-state index is -0.554. The molecule has 1 aromatic carbocycles. The van der Waals surface area contributed by atoms with Gasteiger partial charge in [0.15, 0.2) is 0 Å². The standard InChI is InChI=1S/C21H24ClN3O/c1-2-10-24-11-7-20-18(13-24)17-12-16(22)3-4-19(17)25(20)14-21(26)15-5-8-23-9-6-15/h3-6,8-9,12,21,26H,2,7,10-11,13-14H2,1H3. The van der Waals surface area contributed by atoms with Crippen LogP contribution in [0.3, 0.4) is 0 Å². The Morgan fingerprint density at radius 3 is 2.81 bits per heavy atom. The SMILES string of the molecule is CCCN1CCc2c(c3cc(Cl)ccc3n2CC(O)c2ccncc2)C1. The van der Waals surface area contributed by atoms with Crippen LogP contribution in [0.25, 0.3) is 10.9 Å². The Morgan fingerprint density at radius 1 is 1.23 bits per heavy atom. The van der Waals surface area contributed by atoms with Crippen LogP contribution in [0.5, 0.6) is 0 Å². The number of aliphatic hydroxyl groups is 1. The first-order valence-corrected chi connectivity index (χ1v) is 9.65. The largest absolute Gasteiger partial charge is 0.387 e. The molecule has 0 radical (unpaired) electrons. The maximum absolute atomic E-state index is 10.8. The molecular formula is C21H24ClN3O. The lowest BCUT2D eigenvalue weighted by molar-refractivity contribution is 0.155. The Hall–Kier alpha value is -1.88. The fraction of sp³-hybridized carbons (Fsp3) is 0.381. The lowest BCUT2D eigenvalue weighted by Gasteiger charge is -2.28. The molecule has 2 aromatic heterocycles. The first-order chi connectivity index (χ1) is 12.7. The number of aliphatic hydroxyl groups excluding tert-OH is 1. The van der Waals surface area contributed by atoms with Crippen LogP contribution >= 0.6 is 11.6 Å². The summed E-state index contributed by atoms with van der Waals surface area (Å²) in [4.78, 5) is 6.55. The van der Waals surface area contributed by atoms with Gasteiger partial charge in [-0.1, -0.05) is 18.5 Å². The van der Waals surface area contributed by atoms with Gasteiger partial charge in [0.05, 0.1) is 12.6 Å². The Kier molecular flexibility index (Phi) is 4.98. The molecule has 1 unspecified atom stereocenters. The van der Waals surface area contributed by atoms with Gasteiger partial charge in [0, 0.05) is 53.5 Å². The fourth-order valence-electron chi connectivity index (χ4n) is 4.06. The van der Waals surface area contributed by atoms with E-state index in [0.29, 0.717) is 6.54 Å². The molecule has 0 aliphatic carbocycles. The number of fused-ring (bicyclic) bond motifs is 3. The Bertz CT molecular complexity index is 907. The summed E-state index contributed by atoms with van der Waals surface area (Å²) in [6.45, 7) is 5.91. The van der Waals surface area contributed by atoms with E-state index in [-0.39, 0.29) is 0 Å². The molecule has 0 amide bonds. The summed E-state index contributed by atoms with van der Waals surface area (Å²) in [5, 5.41) is 12.7. The highest BCUT2D eigenvalue weighted by Gasteiger charge is 2.25. The highest BCUT2D eigenvalue weighted by Crippen LogP contribution is 2.34. The second kappa shape index (κ2) is 7.39. The van der Waals surface area contributed by atoms with E-state index in [1.807, 2.05) is 18.2 Å². The summed E-state index contributed by atoms with van der Waals surface area (Å²) in [5.41, 5.74) is 4.76. The van der Waals surface area contributed by atoms with Gasteiger partial charge in [-0.05, 0) is 54.4 Å². The van der Waals surface area contributed by atoms with Crippen LogP contribution in [0.15, 0.2) is 42.7 Å². The molecule has 0 saturated carbocycles. The minimum Gasteiger partial charge on any atom is -0.387 e. The number of nitrogens with zero attached hydrogens (tertiary/aromatic N) is 3. The van der Waals surface area contributed by atoms with Gasteiger partial charge in [-0.2, -0.15) is 0 Å². The van der Waals surface area contributed by atoms with Gasteiger partial charge in [0.1, 0.15) is 0 Å². The predicted molar refractivity (Wildman–Crippen MR) is 105 cm³/mol. The molecule has 0 fully saturated rings. The van der Waals surface area contributed by atoms with E-state index in [9.17, 15) is 5.11 Å². The molecule has 5 heteroatoms. The van der Waals surface area contributed by atoms with Crippen molar-refractivity contribution in [1.82, 2.24) is 14.5 Å². The Labute approximate surface area is 159 Å².